The van der Waals surface area contributed by atoms with E-state index >= 15 is 0 Å². The third-order valence-electron chi connectivity index (χ3n) is 7.54. The average Bonchev–Trinajstić information content (AvgIpc) is 2.72. The molecule has 0 radical (unpaired) electrons. The molecule has 2 aliphatic carbocycles. The molecule has 1 N–H and O–H groups in total. The van der Waals surface area contributed by atoms with E-state index in [9.17, 15) is 14.7 Å². The molecule has 3 rings (SSSR count). The normalized spacial score (nSPS) is 48.0. The quantitative estimate of drug-likeness (QED) is 0.696. The molecule has 2 saturated carbocycles. The van der Waals surface area contributed by atoms with Crippen molar-refractivity contribution in [3.05, 3.63) is 0 Å². The maximum absolute atomic E-state index is 12.5. The summed E-state index contributed by atoms with van der Waals surface area (Å²) in [5.74, 6) is -1.86. The first-order valence-corrected chi connectivity index (χ1v) is 10.1. The van der Waals surface area contributed by atoms with E-state index in [0.29, 0.717) is 6.42 Å². The molecule has 3 fully saturated rings. The molecule has 0 aromatic carbocycles. The first-order valence-electron chi connectivity index (χ1n) is 10.1. The standard InChI is InChI=1S/C21H34O8/c1-10-9-13(27-11(2)22)15-19(4,5)17(28-12(3)23)20(6)18(26-8)29-16(25-7)14(10)21(15,20)24/h10,13-18,24H,9H2,1-8H3/t10-,13+,14-,15+,16+,17-,18+,20-,21-/m1/s1. The largest absolute Gasteiger partial charge is 0.462 e. The summed E-state index contributed by atoms with van der Waals surface area (Å²) in [5, 5.41) is 12.5. The molecule has 1 saturated heterocycles. The number of esters is 2. The highest BCUT2D eigenvalue weighted by molar-refractivity contribution is 5.67. The molecule has 0 spiro atoms. The highest BCUT2D eigenvalue weighted by Crippen LogP contribution is 2.71. The Balaban J connectivity index is 2.27. The Morgan fingerprint density at radius 3 is 2.10 bits per heavy atom. The summed E-state index contributed by atoms with van der Waals surface area (Å²) in [6.45, 7) is 10.4. The van der Waals surface area contributed by atoms with Crippen LogP contribution in [0, 0.1) is 28.6 Å². The molecule has 0 aromatic heterocycles. The van der Waals surface area contributed by atoms with Gasteiger partial charge < -0.3 is 28.8 Å². The number of ether oxygens (including phenoxy) is 5. The van der Waals surface area contributed by atoms with Crippen molar-refractivity contribution >= 4 is 11.9 Å². The zero-order valence-electron chi connectivity index (χ0n) is 18.6. The van der Waals surface area contributed by atoms with Gasteiger partial charge in [-0.25, -0.2) is 0 Å². The summed E-state index contributed by atoms with van der Waals surface area (Å²) < 4.78 is 29.0. The van der Waals surface area contributed by atoms with E-state index in [1.165, 1.54) is 28.1 Å². The zero-order valence-corrected chi connectivity index (χ0v) is 18.6. The molecule has 0 unspecified atom stereocenters. The van der Waals surface area contributed by atoms with Crippen molar-refractivity contribution in [1.29, 1.82) is 0 Å². The summed E-state index contributed by atoms with van der Waals surface area (Å²) >= 11 is 0. The van der Waals surface area contributed by atoms with Crippen LogP contribution in [0.1, 0.15) is 48.0 Å². The van der Waals surface area contributed by atoms with Crippen molar-refractivity contribution < 1.29 is 38.4 Å². The Morgan fingerprint density at radius 1 is 1.03 bits per heavy atom. The molecular formula is C21H34O8. The van der Waals surface area contributed by atoms with Gasteiger partial charge in [-0.1, -0.05) is 20.8 Å². The van der Waals surface area contributed by atoms with Crippen LogP contribution < -0.4 is 0 Å². The van der Waals surface area contributed by atoms with Gasteiger partial charge in [-0.3, -0.25) is 9.59 Å². The number of carbonyl (C=O) groups excluding carboxylic acids is 2. The maximum atomic E-state index is 12.5. The Labute approximate surface area is 172 Å². The van der Waals surface area contributed by atoms with Gasteiger partial charge in [0.05, 0.1) is 11.0 Å². The third kappa shape index (κ3) is 2.86. The SMILES string of the molecule is CO[C@H]1O[C@H](OC)[C@@]2(C)[C@H](OC(C)=O)C(C)(C)[C@@H]3[C@@H](OC(C)=O)C[C@@H](C)[C@H]1[C@@]32O. The highest BCUT2D eigenvalue weighted by Gasteiger charge is 2.82. The second-order valence-corrected chi connectivity index (χ2v) is 9.59. The second kappa shape index (κ2) is 7.18. The van der Waals surface area contributed by atoms with Crippen LogP contribution in [0.25, 0.3) is 0 Å². The Morgan fingerprint density at radius 2 is 1.62 bits per heavy atom. The van der Waals surface area contributed by atoms with Crippen LogP contribution in [0.5, 0.6) is 0 Å². The van der Waals surface area contributed by atoms with Crippen molar-refractivity contribution in [2.75, 3.05) is 14.2 Å². The lowest BCUT2D eigenvalue weighted by Gasteiger charge is -2.61. The van der Waals surface area contributed by atoms with Gasteiger partial charge in [-0.15, -0.1) is 0 Å². The summed E-state index contributed by atoms with van der Waals surface area (Å²) in [5.41, 5.74) is -3.25. The minimum absolute atomic E-state index is 0.0745. The maximum Gasteiger partial charge on any atom is 0.302 e. The summed E-state index contributed by atoms with van der Waals surface area (Å²) in [7, 11) is 3.03. The van der Waals surface area contributed by atoms with E-state index in [1.54, 1.807) is 0 Å². The van der Waals surface area contributed by atoms with Gasteiger partial charge in [0.25, 0.3) is 0 Å². The average molecular weight is 414 g/mol. The van der Waals surface area contributed by atoms with Crippen molar-refractivity contribution in [2.24, 2.45) is 28.6 Å². The van der Waals surface area contributed by atoms with Crippen LogP contribution in [0.3, 0.4) is 0 Å². The van der Waals surface area contributed by atoms with Gasteiger partial charge in [0, 0.05) is 45.3 Å². The van der Waals surface area contributed by atoms with Crippen molar-refractivity contribution in [2.45, 2.75) is 78.4 Å². The lowest BCUT2D eigenvalue weighted by atomic mass is 9.54. The third-order valence-corrected chi connectivity index (χ3v) is 7.54. The van der Waals surface area contributed by atoms with Crippen LogP contribution in [-0.4, -0.2) is 61.7 Å². The smallest absolute Gasteiger partial charge is 0.302 e. The first-order chi connectivity index (χ1) is 13.4. The fourth-order valence-corrected chi connectivity index (χ4v) is 6.87. The first kappa shape index (κ1) is 22.5. The lowest BCUT2D eigenvalue weighted by Crippen LogP contribution is -2.73. The van der Waals surface area contributed by atoms with Gasteiger partial charge in [-0.2, -0.15) is 0 Å². The summed E-state index contributed by atoms with van der Waals surface area (Å²) in [6.07, 6.45) is -2.31. The van der Waals surface area contributed by atoms with Crippen molar-refractivity contribution in [3.63, 3.8) is 0 Å². The van der Waals surface area contributed by atoms with E-state index in [0.717, 1.165) is 0 Å². The number of methoxy groups -OCH3 is 2. The lowest BCUT2D eigenvalue weighted by molar-refractivity contribution is -0.396. The van der Waals surface area contributed by atoms with Gasteiger partial charge in [0.1, 0.15) is 12.2 Å². The van der Waals surface area contributed by atoms with Crippen LogP contribution in [0.15, 0.2) is 0 Å². The van der Waals surface area contributed by atoms with Crippen LogP contribution >= 0.6 is 0 Å². The summed E-state index contributed by atoms with van der Waals surface area (Å²) in [4.78, 5) is 23.9. The van der Waals surface area contributed by atoms with Gasteiger partial charge in [0.15, 0.2) is 12.6 Å². The highest BCUT2D eigenvalue weighted by atomic mass is 16.8. The Hall–Kier alpha value is -1.22. The van der Waals surface area contributed by atoms with E-state index < -0.39 is 65.0 Å². The minimum Gasteiger partial charge on any atom is -0.462 e. The van der Waals surface area contributed by atoms with Crippen LogP contribution in [0.2, 0.25) is 0 Å². The molecule has 0 bridgehead atoms. The molecule has 8 heteroatoms. The molecule has 1 heterocycles. The topological polar surface area (TPSA) is 101 Å². The molecule has 0 aromatic rings. The second-order valence-electron chi connectivity index (χ2n) is 9.59. The van der Waals surface area contributed by atoms with Crippen LogP contribution in [0.4, 0.5) is 0 Å². The summed E-state index contributed by atoms with van der Waals surface area (Å²) in [6, 6.07) is 0. The number of carbonyl (C=O) groups is 2. The molecule has 29 heavy (non-hydrogen) atoms. The molecular weight excluding hydrogens is 380 g/mol. The number of hydrogen-bond acceptors (Lipinski definition) is 8. The fourth-order valence-electron chi connectivity index (χ4n) is 6.87. The minimum atomic E-state index is -1.42. The predicted molar refractivity (Wildman–Crippen MR) is 101 cm³/mol. The molecule has 166 valence electrons. The molecule has 9 atom stereocenters. The van der Waals surface area contributed by atoms with Gasteiger partial charge in [0.2, 0.25) is 0 Å². The molecule has 0 amide bonds. The molecule has 8 nitrogen and oxygen atoms in total. The predicted octanol–water partition coefficient (Wildman–Crippen LogP) is 1.87. The monoisotopic (exact) mass is 414 g/mol. The number of aliphatic hydroxyl groups is 1. The zero-order chi connectivity index (χ0) is 21.9. The van der Waals surface area contributed by atoms with Gasteiger partial charge >= 0.3 is 11.9 Å². The van der Waals surface area contributed by atoms with E-state index in [4.69, 9.17) is 23.7 Å². The van der Waals surface area contributed by atoms with Crippen molar-refractivity contribution in [1.82, 2.24) is 0 Å². The van der Waals surface area contributed by atoms with E-state index in [-0.39, 0.29) is 5.92 Å². The Bertz CT molecular complexity index is 678. The molecule has 3 aliphatic rings. The number of hydrogen-bond donors (Lipinski definition) is 1. The van der Waals surface area contributed by atoms with Crippen LogP contribution in [-0.2, 0) is 33.3 Å². The van der Waals surface area contributed by atoms with Gasteiger partial charge in [-0.05, 0) is 19.3 Å². The van der Waals surface area contributed by atoms with Crippen molar-refractivity contribution in [3.8, 4) is 0 Å². The Kier molecular flexibility index (Phi) is 5.56. The van der Waals surface area contributed by atoms with E-state index in [2.05, 4.69) is 0 Å². The number of rotatable bonds is 4. The molecule has 1 aliphatic heterocycles. The van der Waals surface area contributed by atoms with E-state index in [1.807, 2.05) is 27.7 Å². The fraction of sp³-hybridized carbons (Fsp3) is 0.905.